The second-order valence-electron chi connectivity index (χ2n) is 7.15. The van der Waals surface area contributed by atoms with Gasteiger partial charge in [0.15, 0.2) is 5.82 Å². The van der Waals surface area contributed by atoms with Crippen molar-refractivity contribution in [3.63, 3.8) is 0 Å². The molecule has 0 spiro atoms. The Balaban J connectivity index is 1.45. The molecule has 0 radical (unpaired) electrons. The van der Waals surface area contributed by atoms with Crippen LogP contribution in [0.4, 0.5) is 11.5 Å². The molecule has 0 aliphatic rings. The van der Waals surface area contributed by atoms with Crippen molar-refractivity contribution in [2.24, 2.45) is 0 Å². The minimum atomic E-state index is -0.130. The molecule has 154 valence electrons. The zero-order valence-electron chi connectivity index (χ0n) is 17.0. The summed E-state index contributed by atoms with van der Waals surface area (Å²) in [5.41, 5.74) is 4.52. The minimum Gasteiger partial charge on any atom is -0.348 e. The van der Waals surface area contributed by atoms with Crippen LogP contribution in [0.1, 0.15) is 21.5 Å². The smallest absolute Gasteiger partial charge is 0.251 e. The number of hydrogen-bond acceptors (Lipinski definition) is 4. The summed E-state index contributed by atoms with van der Waals surface area (Å²) < 4.78 is 1.01. The number of rotatable bonds is 6. The molecule has 0 saturated carbocycles. The molecule has 3 aromatic carbocycles. The molecule has 1 aromatic heterocycles. The highest BCUT2D eigenvalue weighted by atomic mass is 79.9. The SMILES string of the molecule is Cc1cccc(-c2nccc(Nc3cccc(C(=O)NCc4ccc(Br)cc4)c3)n2)c1. The molecule has 0 saturated heterocycles. The molecule has 31 heavy (non-hydrogen) atoms. The van der Waals surface area contributed by atoms with Crippen LogP contribution in [0.2, 0.25) is 0 Å². The molecule has 0 unspecified atom stereocenters. The molecule has 0 atom stereocenters. The van der Waals surface area contributed by atoms with Gasteiger partial charge in [0.05, 0.1) is 0 Å². The molecule has 6 heteroatoms. The van der Waals surface area contributed by atoms with Gasteiger partial charge in [-0.25, -0.2) is 9.97 Å². The number of halogens is 1. The molecular formula is C25H21BrN4O. The van der Waals surface area contributed by atoms with Gasteiger partial charge in [0.2, 0.25) is 0 Å². The molecule has 4 rings (SSSR count). The van der Waals surface area contributed by atoms with Crippen molar-refractivity contribution in [3.05, 3.63) is 106 Å². The van der Waals surface area contributed by atoms with Crippen molar-refractivity contribution in [1.29, 1.82) is 0 Å². The van der Waals surface area contributed by atoms with Crippen molar-refractivity contribution in [2.45, 2.75) is 13.5 Å². The fourth-order valence-corrected chi connectivity index (χ4v) is 3.39. The number of carbonyl (C=O) groups excluding carboxylic acids is 1. The Kier molecular flexibility index (Phi) is 6.38. The third-order valence-corrected chi connectivity index (χ3v) is 5.22. The topological polar surface area (TPSA) is 66.9 Å². The molecule has 1 heterocycles. The third kappa shape index (κ3) is 5.55. The summed E-state index contributed by atoms with van der Waals surface area (Å²) in [6.07, 6.45) is 1.72. The Morgan fingerprint density at radius 1 is 0.968 bits per heavy atom. The zero-order chi connectivity index (χ0) is 21.6. The second kappa shape index (κ2) is 9.53. The van der Waals surface area contributed by atoms with Crippen LogP contribution < -0.4 is 10.6 Å². The van der Waals surface area contributed by atoms with Gasteiger partial charge >= 0.3 is 0 Å². The predicted molar refractivity (Wildman–Crippen MR) is 127 cm³/mol. The second-order valence-corrected chi connectivity index (χ2v) is 8.07. The summed E-state index contributed by atoms with van der Waals surface area (Å²) >= 11 is 3.41. The van der Waals surface area contributed by atoms with Crippen LogP contribution in [0, 0.1) is 6.92 Å². The van der Waals surface area contributed by atoms with Crippen molar-refractivity contribution in [3.8, 4) is 11.4 Å². The normalized spacial score (nSPS) is 10.5. The van der Waals surface area contributed by atoms with Gasteiger partial charge in [-0.15, -0.1) is 0 Å². The molecule has 0 aliphatic carbocycles. The number of hydrogen-bond donors (Lipinski definition) is 2. The summed E-state index contributed by atoms with van der Waals surface area (Å²) in [6, 6.07) is 25.1. The van der Waals surface area contributed by atoms with E-state index in [4.69, 9.17) is 0 Å². The van der Waals surface area contributed by atoms with E-state index >= 15 is 0 Å². The average Bonchev–Trinajstić information content (AvgIpc) is 2.79. The largest absolute Gasteiger partial charge is 0.348 e. The van der Waals surface area contributed by atoms with E-state index in [0.717, 1.165) is 26.9 Å². The van der Waals surface area contributed by atoms with E-state index in [1.165, 1.54) is 0 Å². The van der Waals surface area contributed by atoms with Crippen molar-refractivity contribution in [2.75, 3.05) is 5.32 Å². The van der Waals surface area contributed by atoms with Crippen LogP contribution in [0.3, 0.4) is 0 Å². The number of benzene rings is 3. The average molecular weight is 473 g/mol. The summed E-state index contributed by atoms with van der Waals surface area (Å²) in [7, 11) is 0. The van der Waals surface area contributed by atoms with E-state index in [1.807, 2.05) is 67.6 Å². The summed E-state index contributed by atoms with van der Waals surface area (Å²) in [5, 5.41) is 6.22. The third-order valence-electron chi connectivity index (χ3n) is 4.70. The van der Waals surface area contributed by atoms with Crippen LogP contribution in [0.25, 0.3) is 11.4 Å². The van der Waals surface area contributed by atoms with E-state index in [2.05, 4.69) is 42.6 Å². The Morgan fingerprint density at radius 3 is 2.58 bits per heavy atom. The van der Waals surface area contributed by atoms with Crippen LogP contribution >= 0.6 is 15.9 Å². The van der Waals surface area contributed by atoms with Gasteiger partial charge in [-0.05, 0) is 55.0 Å². The van der Waals surface area contributed by atoms with Crippen LogP contribution in [0.5, 0.6) is 0 Å². The number of amides is 1. The molecule has 0 aliphatic heterocycles. The highest BCUT2D eigenvalue weighted by molar-refractivity contribution is 9.10. The molecule has 4 aromatic rings. The highest BCUT2D eigenvalue weighted by Gasteiger charge is 2.08. The number of carbonyl (C=O) groups is 1. The summed E-state index contributed by atoms with van der Waals surface area (Å²) in [4.78, 5) is 21.6. The van der Waals surface area contributed by atoms with Gasteiger partial charge in [0, 0.05) is 34.0 Å². The molecule has 1 amide bonds. The number of nitrogens with zero attached hydrogens (tertiary/aromatic N) is 2. The maximum absolute atomic E-state index is 12.6. The number of aromatic nitrogens is 2. The van der Waals surface area contributed by atoms with E-state index in [-0.39, 0.29) is 5.91 Å². The van der Waals surface area contributed by atoms with Gasteiger partial charge in [-0.3, -0.25) is 4.79 Å². The number of anilines is 2. The zero-order valence-corrected chi connectivity index (χ0v) is 18.6. The lowest BCUT2D eigenvalue weighted by molar-refractivity contribution is 0.0951. The van der Waals surface area contributed by atoms with Crippen LogP contribution in [0.15, 0.2) is 89.5 Å². The Bertz CT molecular complexity index is 1210. The lowest BCUT2D eigenvalue weighted by Gasteiger charge is -2.10. The molecule has 2 N–H and O–H groups in total. The predicted octanol–water partition coefficient (Wildman–Crippen LogP) is 5.89. The van der Waals surface area contributed by atoms with E-state index in [0.29, 0.717) is 23.8 Å². The first kappa shape index (κ1) is 20.8. The summed E-state index contributed by atoms with van der Waals surface area (Å²) in [6.45, 7) is 2.51. The maximum atomic E-state index is 12.6. The van der Waals surface area contributed by atoms with Crippen molar-refractivity contribution >= 4 is 33.3 Å². The van der Waals surface area contributed by atoms with Gasteiger partial charge in [0.25, 0.3) is 5.91 Å². The lowest BCUT2D eigenvalue weighted by Crippen LogP contribution is -2.22. The summed E-state index contributed by atoms with van der Waals surface area (Å²) in [5.74, 6) is 1.19. The van der Waals surface area contributed by atoms with Gasteiger partial charge in [-0.1, -0.05) is 57.9 Å². The van der Waals surface area contributed by atoms with Gasteiger partial charge < -0.3 is 10.6 Å². The van der Waals surface area contributed by atoms with E-state index in [9.17, 15) is 4.79 Å². The molecular weight excluding hydrogens is 452 g/mol. The monoisotopic (exact) mass is 472 g/mol. The quantitative estimate of drug-likeness (QED) is 0.367. The number of nitrogens with one attached hydrogen (secondary N) is 2. The first-order valence-electron chi connectivity index (χ1n) is 9.87. The fourth-order valence-electron chi connectivity index (χ4n) is 3.12. The van der Waals surface area contributed by atoms with Crippen molar-refractivity contribution in [1.82, 2.24) is 15.3 Å². The number of aryl methyl sites for hydroxylation is 1. The lowest BCUT2D eigenvalue weighted by atomic mass is 10.1. The van der Waals surface area contributed by atoms with Gasteiger partial charge in [-0.2, -0.15) is 0 Å². The Morgan fingerprint density at radius 2 is 1.77 bits per heavy atom. The Hall–Kier alpha value is -3.51. The standard InChI is InChI=1S/C25H21BrN4O/c1-17-4-2-5-19(14-17)24-27-13-12-23(30-24)29-22-7-3-6-20(15-22)25(31)28-16-18-8-10-21(26)11-9-18/h2-15H,16H2,1H3,(H,28,31)(H,27,29,30). The molecule has 5 nitrogen and oxygen atoms in total. The first-order chi connectivity index (χ1) is 15.1. The van der Waals surface area contributed by atoms with Crippen LogP contribution in [-0.2, 0) is 6.54 Å². The highest BCUT2D eigenvalue weighted by Crippen LogP contribution is 2.20. The molecule has 0 fully saturated rings. The van der Waals surface area contributed by atoms with E-state index < -0.39 is 0 Å². The van der Waals surface area contributed by atoms with E-state index in [1.54, 1.807) is 18.3 Å². The Labute approximate surface area is 189 Å². The minimum absolute atomic E-state index is 0.130. The fraction of sp³-hybridized carbons (Fsp3) is 0.0800. The maximum Gasteiger partial charge on any atom is 0.251 e. The first-order valence-corrected chi connectivity index (χ1v) is 10.7. The van der Waals surface area contributed by atoms with Crippen molar-refractivity contribution < 1.29 is 4.79 Å². The molecule has 0 bridgehead atoms. The van der Waals surface area contributed by atoms with Gasteiger partial charge in [0.1, 0.15) is 5.82 Å². The van der Waals surface area contributed by atoms with Crippen LogP contribution in [-0.4, -0.2) is 15.9 Å².